The Morgan fingerprint density at radius 2 is 2.18 bits per heavy atom. The van der Waals surface area contributed by atoms with E-state index in [2.05, 4.69) is 12.2 Å². The molecule has 17 heavy (non-hydrogen) atoms. The summed E-state index contributed by atoms with van der Waals surface area (Å²) in [6.45, 7) is 3.36. The van der Waals surface area contributed by atoms with Gasteiger partial charge in [0, 0.05) is 21.7 Å². The van der Waals surface area contributed by atoms with Crippen LogP contribution in [0.1, 0.15) is 19.8 Å². The molecule has 2 rings (SSSR count). The molecule has 1 aliphatic rings. The second kappa shape index (κ2) is 6.33. The zero-order chi connectivity index (χ0) is 12.3. The lowest BCUT2D eigenvalue weighted by atomic mass is 10.2. The van der Waals surface area contributed by atoms with E-state index in [-0.39, 0.29) is 0 Å². The molecule has 0 radical (unpaired) electrons. The fraction of sp³-hybridized carbons (Fsp3) is 0.538. The molecular weight excluding hydrogens is 273 g/mol. The molecule has 1 atom stereocenters. The molecule has 1 aromatic carbocycles. The summed E-state index contributed by atoms with van der Waals surface area (Å²) in [4.78, 5) is 1.08. The molecule has 1 nitrogen and oxygen atoms in total. The highest BCUT2D eigenvalue weighted by Crippen LogP contribution is 2.31. The third kappa shape index (κ3) is 4.70. The predicted octanol–water partition coefficient (Wildman–Crippen LogP) is 4.47. The van der Waals surface area contributed by atoms with Gasteiger partial charge in [0.2, 0.25) is 0 Å². The van der Waals surface area contributed by atoms with E-state index in [4.69, 9.17) is 23.2 Å². The van der Waals surface area contributed by atoms with E-state index in [0.29, 0.717) is 5.92 Å². The SMILES string of the molecule is CC(CNC1CC1)CSc1cc(Cl)ccc1Cl. The summed E-state index contributed by atoms with van der Waals surface area (Å²) in [5.41, 5.74) is 0. The van der Waals surface area contributed by atoms with Crippen LogP contribution in [0.4, 0.5) is 0 Å². The molecule has 0 aliphatic heterocycles. The maximum Gasteiger partial charge on any atom is 0.0542 e. The Hall–Kier alpha value is 0.110. The lowest BCUT2D eigenvalue weighted by Crippen LogP contribution is -2.24. The minimum absolute atomic E-state index is 0.649. The first-order valence-corrected chi connectivity index (χ1v) is 7.70. The Labute approximate surface area is 117 Å². The minimum Gasteiger partial charge on any atom is -0.314 e. The van der Waals surface area contributed by atoms with Gasteiger partial charge in [-0.25, -0.2) is 0 Å². The van der Waals surface area contributed by atoms with Crippen LogP contribution in [0.2, 0.25) is 10.0 Å². The second-order valence-electron chi connectivity index (χ2n) is 4.67. The Morgan fingerprint density at radius 3 is 2.88 bits per heavy atom. The fourth-order valence-corrected chi connectivity index (χ4v) is 3.05. The van der Waals surface area contributed by atoms with Gasteiger partial charge in [-0.15, -0.1) is 11.8 Å². The summed E-state index contributed by atoms with van der Waals surface area (Å²) >= 11 is 13.9. The smallest absolute Gasteiger partial charge is 0.0542 e. The van der Waals surface area contributed by atoms with E-state index in [1.807, 2.05) is 18.2 Å². The largest absolute Gasteiger partial charge is 0.314 e. The number of halogens is 2. The molecule has 0 bridgehead atoms. The van der Waals surface area contributed by atoms with E-state index in [1.165, 1.54) is 12.8 Å². The molecule has 0 spiro atoms. The van der Waals surface area contributed by atoms with Crippen LogP contribution in [0.3, 0.4) is 0 Å². The highest BCUT2D eigenvalue weighted by Gasteiger charge is 2.20. The van der Waals surface area contributed by atoms with Gasteiger partial charge in [-0.1, -0.05) is 30.1 Å². The van der Waals surface area contributed by atoms with Gasteiger partial charge >= 0.3 is 0 Å². The number of thioether (sulfide) groups is 1. The minimum atomic E-state index is 0.649. The lowest BCUT2D eigenvalue weighted by molar-refractivity contribution is 0.557. The highest BCUT2D eigenvalue weighted by molar-refractivity contribution is 7.99. The Kier molecular flexibility index (Phi) is 5.04. The van der Waals surface area contributed by atoms with E-state index >= 15 is 0 Å². The van der Waals surface area contributed by atoms with Gasteiger partial charge in [0.15, 0.2) is 0 Å². The van der Waals surface area contributed by atoms with Crippen molar-refractivity contribution in [3.05, 3.63) is 28.2 Å². The van der Waals surface area contributed by atoms with Crippen molar-refractivity contribution in [3.8, 4) is 0 Å². The summed E-state index contributed by atoms with van der Waals surface area (Å²) < 4.78 is 0. The maximum absolute atomic E-state index is 6.12. The summed E-state index contributed by atoms with van der Waals surface area (Å²) in [6, 6.07) is 6.42. The fourth-order valence-electron chi connectivity index (χ4n) is 1.53. The van der Waals surface area contributed by atoms with Crippen molar-refractivity contribution in [2.24, 2.45) is 5.92 Å². The van der Waals surface area contributed by atoms with Crippen molar-refractivity contribution in [1.29, 1.82) is 0 Å². The maximum atomic E-state index is 6.12. The summed E-state index contributed by atoms with van der Waals surface area (Å²) in [6.07, 6.45) is 2.69. The predicted molar refractivity (Wildman–Crippen MR) is 77.4 cm³/mol. The van der Waals surface area contributed by atoms with Crippen LogP contribution in [0.15, 0.2) is 23.1 Å². The monoisotopic (exact) mass is 289 g/mol. The second-order valence-corrected chi connectivity index (χ2v) is 6.58. The number of hydrogen-bond donors (Lipinski definition) is 1. The molecule has 1 N–H and O–H groups in total. The molecule has 4 heteroatoms. The van der Waals surface area contributed by atoms with Gasteiger partial charge in [-0.3, -0.25) is 0 Å². The standard InChI is InChI=1S/C13H17Cl2NS/c1-9(7-16-11-3-4-11)8-17-13-6-10(14)2-5-12(13)15/h2,5-6,9,11,16H,3-4,7-8H2,1H3. The molecule has 0 amide bonds. The third-order valence-electron chi connectivity index (χ3n) is 2.75. The van der Waals surface area contributed by atoms with Crippen molar-refractivity contribution in [2.45, 2.75) is 30.7 Å². The quantitative estimate of drug-likeness (QED) is 0.776. The number of benzene rings is 1. The average Bonchev–Trinajstić information content (AvgIpc) is 3.11. The van der Waals surface area contributed by atoms with Crippen LogP contribution in [0.5, 0.6) is 0 Å². The Balaban J connectivity index is 1.77. The van der Waals surface area contributed by atoms with E-state index in [1.54, 1.807) is 11.8 Å². The molecule has 0 heterocycles. The van der Waals surface area contributed by atoms with Crippen LogP contribution in [0, 0.1) is 5.92 Å². The first-order chi connectivity index (χ1) is 8.15. The van der Waals surface area contributed by atoms with Crippen LogP contribution in [-0.2, 0) is 0 Å². The molecule has 0 saturated heterocycles. The Bertz CT molecular complexity index is 380. The summed E-state index contributed by atoms with van der Waals surface area (Å²) in [7, 11) is 0. The van der Waals surface area contributed by atoms with E-state index < -0.39 is 0 Å². The third-order valence-corrected chi connectivity index (χ3v) is 4.81. The van der Waals surface area contributed by atoms with Gasteiger partial charge in [-0.2, -0.15) is 0 Å². The first-order valence-electron chi connectivity index (χ1n) is 5.96. The molecular formula is C13H17Cl2NS. The summed E-state index contributed by atoms with van der Waals surface area (Å²) in [5.74, 6) is 1.72. The van der Waals surface area contributed by atoms with Crippen LogP contribution in [0.25, 0.3) is 0 Å². The normalized spacial score (nSPS) is 17.1. The van der Waals surface area contributed by atoms with Crippen molar-refractivity contribution >= 4 is 35.0 Å². The molecule has 1 fully saturated rings. The van der Waals surface area contributed by atoms with Gasteiger partial charge in [0.05, 0.1) is 5.02 Å². The molecule has 1 unspecified atom stereocenters. The van der Waals surface area contributed by atoms with Crippen molar-refractivity contribution in [2.75, 3.05) is 12.3 Å². The van der Waals surface area contributed by atoms with Crippen molar-refractivity contribution in [3.63, 3.8) is 0 Å². The van der Waals surface area contributed by atoms with Gasteiger partial charge in [0.25, 0.3) is 0 Å². The zero-order valence-corrected chi connectivity index (χ0v) is 12.2. The van der Waals surface area contributed by atoms with Crippen LogP contribution in [-0.4, -0.2) is 18.3 Å². The van der Waals surface area contributed by atoms with Gasteiger partial charge in [0.1, 0.15) is 0 Å². The van der Waals surface area contributed by atoms with Gasteiger partial charge in [-0.05, 0) is 43.5 Å². The van der Waals surface area contributed by atoms with Crippen LogP contribution >= 0.6 is 35.0 Å². The highest BCUT2D eigenvalue weighted by atomic mass is 35.5. The number of nitrogens with one attached hydrogen (secondary N) is 1. The lowest BCUT2D eigenvalue weighted by Gasteiger charge is -2.12. The van der Waals surface area contributed by atoms with E-state index in [9.17, 15) is 0 Å². The molecule has 0 aromatic heterocycles. The zero-order valence-electron chi connectivity index (χ0n) is 9.88. The number of rotatable bonds is 6. The molecule has 1 saturated carbocycles. The molecule has 94 valence electrons. The van der Waals surface area contributed by atoms with Crippen molar-refractivity contribution in [1.82, 2.24) is 5.32 Å². The molecule has 1 aromatic rings. The Morgan fingerprint density at radius 1 is 1.41 bits per heavy atom. The topological polar surface area (TPSA) is 12.0 Å². The first kappa shape index (κ1) is 13.5. The van der Waals surface area contributed by atoms with Crippen LogP contribution < -0.4 is 5.32 Å². The van der Waals surface area contributed by atoms with Gasteiger partial charge < -0.3 is 5.32 Å². The summed E-state index contributed by atoms with van der Waals surface area (Å²) in [5, 5.41) is 5.09. The van der Waals surface area contributed by atoms with E-state index in [0.717, 1.165) is 33.3 Å². The molecule has 1 aliphatic carbocycles. The van der Waals surface area contributed by atoms with Crippen molar-refractivity contribution < 1.29 is 0 Å². The average molecular weight is 290 g/mol. The number of hydrogen-bond acceptors (Lipinski definition) is 2.